The summed E-state index contributed by atoms with van der Waals surface area (Å²) in [5.74, 6) is 0. The van der Waals surface area contributed by atoms with E-state index in [4.69, 9.17) is 4.74 Å². The summed E-state index contributed by atoms with van der Waals surface area (Å²) in [6, 6.07) is 0. The topological polar surface area (TPSA) is 29.5 Å². The van der Waals surface area contributed by atoms with Crippen LogP contribution in [0.4, 0.5) is 0 Å². The highest BCUT2D eigenvalue weighted by molar-refractivity contribution is 4.86. The van der Waals surface area contributed by atoms with Gasteiger partial charge in [0.1, 0.15) is 0 Å². The van der Waals surface area contributed by atoms with Crippen molar-refractivity contribution in [1.82, 2.24) is 0 Å². The maximum atomic E-state index is 10.1. The van der Waals surface area contributed by atoms with Crippen LogP contribution in [0.2, 0.25) is 0 Å². The average Bonchev–Trinajstić information content (AvgIpc) is 2.67. The highest BCUT2D eigenvalue weighted by atomic mass is 16.6. The third-order valence-electron chi connectivity index (χ3n) is 4.10. The highest BCUT2D eigenvalue weighted by Gasteiger charge is 2.38. The number of rotatable bonds is 5. The van der Waals surface area contributed by atoms with E-state index in [0.717, 1.165) is 25.7 Å². The molecule has 0 radical (unpaired) electrons. The first-order chi connectivity index (χ1) is 6.96. The van der Waals surface area contributed by atoms with Gasteiger partial charge in [-0.2, -0.15) is 0 Å². The van der Waals surface area contributed by atoms with Gasteiger partial charge >= 0.3 is 0 Å². The first kappa shape index (κ1) is 13.0. The van der Waals surface area contributed by atoms with Crippen LogP contribution in [0.25, 0.3) is 0 Å². The van der Waals surface area contributed by atoms with Crippen molar-refractivity contribution in [2.75, 3.05) is 0 Å². The third kappa shape index (κ3) is 2.94. The van der Waals surface area contributed by atoms with Gasteiger partial charge in [-0.1, -0.05) is 40.5 Å². The third-order valence-corrected chi connectivity index (χ3v) is 4.10. The largest absolute Gasteiger partial charge is 0.367 e. The number of hydrogen-bond donors (Lipinski definition) is 1. The van der Waals surface area contributed by atoms with Crippen molar-refractivity contribution in [3.05, 3.63) is 0 Å². The first-order valence-corrected chi connectivity index (χ1v) is 6.32. The average molecular weight is 214 g/mol. The molecule has 1 N–H and O–H groups in total. The molecule has 0 heterocycles. The molecule has 0 aromatic carbocycles. The molecular formula is C13H26O2. The maximum Gasteiger partial charge on any atom is 0.160 e. The van der Waals surface area contributed by atoms with E-state index in [0.29, 0.717) is 0 Å². The normalized spacial score (nSPS) is 23.0. The summed E-state index contributed by atoms with van der Waals surface area (Å²) in [4.78, 5) is 0. The smallest absolute Gasteiger partial charge is 0.160 e. The molecular weight excluding hydrogens is 188 g/mol. The van der Waals surface area contributed by atoms with Crippen molar-refractivity contribution in [3.63, 3.8) is 0 Å². The fourth-order valence-electron chi connectivity index (χ4n) is 2.15. The molecule has 1 aliphatic carbocycles. The summed E-state index contributed by atoms with van der Waals surface area (Å²) >= 11 is 0. The Bertz CT molecular complexity index is 193. The van der Waals surface area contributed by atoms with E-state index in [-0.39, 0.29) is 11.0 Å². The maximum absolute atomic E-state index is 10.1. The van der Waals surface area contributed by atoms with Crippen LogP contribution in [0.5, 0.6) is 0 Å². The summed E-state index contributed by atoms with van der Waals surface area (Å²) in [7, 11) is 0. The van der Waals surface area contributed by atoms with Crippen LogP contribution in [0.15, 0.2) is 0 Å². The van der Waals surface area contributed by atoms with E-state index in [1.54, 1.807) is 0 Å². The molecule has 0 aromatic heterocycles. The van der Waals surface area contributed by atoms with Crippen molar-refractivity contribution in [2.45, 2.75) is 78.1 Å². The van der Waals surface area contributed by atoms with Crippen LogP contribution in [0.3, 0.4) is 0 Å². The Morgan fingerprint density at radius 2 is 1.80 bits per heavy atom. The number of hydrogen-bond acceptors (Lipinski definition) is 2. The molecule has 90 valence electrons. The van der Waals surface area contributed by atoms with Crippen LogP contribution in [-0.2, 0) is 4.74 Å². The zero-order chi connectivity index (χ0) is 11.5. The zero-order valence-corrected chi connectivity index (χ0v) is 10.7. The van der Waals surface area contributed by atoms with Gasteiger partial charge in [-0.15, -0.1) is 0 Å². The Balaban J connectivity index is 2.59. The van der Waals surface area contributed by atoms with Gasteiger partial charge in [0.15, 0.2) is 6.29 Å². The van der Waals surface area contributed by atoms with Crippen LogP contribution in [-0.4, -0.2) is 17.0 Å². The molecule has 0 saturated heterocycles. The molecule has 1 atom stereocenters. The van der Waals surface area contributed by atoms with Crippen molar-refractivity contribution in [3.8, 4) is 0 Å². The lowest BCUT2D eigenvalue weighted by Crippen LogP contribution is -2.40. The lowest BCUT2D eigenvalue weighted by Gasteiger charge is -2.37. The van der Waals surface area contributed by atoms with Gasteiger partial charge in [0.05, 0.1) is 5.60 Å². The fraction of sp³-hybridized carbons (Fsp3) is 1.00. The predicted molar refractivity (Wildman–Crippen MR) is 62.7 cm³/mol. The Morgan fingerprint density at radius 3 is 2.20 bits per heavy atom. The molecule has 1 fully saturated rings. The summed E-state index contributed by atoms with van der Waals surface area (Å²) in [6.07, 6.45) is 6.04. The molecule has 0 unspecified atom stereocenters. The second-order valence-electron chi connectivity index (χ2n) is 5.56. The number of aliphatic hydroxyl groups is 1. The van der Waals surface area contributed by atoms with E-state index < -0.39 is 6.29 Å². The SMILES string of the molecule is CCC1(O[C@@H](O)C(C)(C)CC)CCCC1. The lowest BCUT2D eigenvalue weighted by molar-refractivity contribution is -0.230. The standard InChI is InChI=1S/C13H26O2/c1-5-12(3,4)11(14)15-13(6-2)9-7-8-10-13/h11,14H,5-10H2,1-4H3/t11-/m1/s1. The van der Waals surface area contributed by atoms with Gasteiger partial charge in [0.25, 0.3) is 0 Å². The molecule has 0 bridgehead atoms. The second-order valence-corrected chi connectivity index (χ2v) is 5.56. The molecule has 2 heteroatoms. The monoisotopic (exact) mass is 214 g/mol. The van der Waals surface area contributed by atoms with Gasteiger partial charge in [-0.05, 0) is 25.7 Å². The predicted octanol–water partition coefficient (Wildman–Crippen LogP) is 3.48. The van der Waals surface area contributed by atoms with Gasteiger partial charge in [-0.25, -0.2) is 0 Å². The second kappa shape index (κ2) is 4.84. The lowest BCUT2D eigenvalue weighted by atomic mass is 9.88. The van der Waals surface area contributed by atoms with Crippen LogP contribution < -0.4 is 0 Å². The van der Waals surface area contributed by atoms with Crippen LogP contribution in [0, 0.1) is 5.41 Å². The molecule has 2 nitrogen and oxygen atoms in total. The van der Waals surface area contributed by atoms with Crippen molar-refractivity contribution in [2.24, 2.45) is 5.41 Å². The molecule has 1 aliphatic rings. The van der Waals surface area contributed by atoms with Gasteiger partial charge in [0.2, 0.25) is 0 Å². The molecule has 0 aromatic rings. The minimum atomic E-state index is -0.624. The fourth-order valence-corrected chi connectivity index (χ4v) is 2.15. The minimum absolute atomic E-state index is 0.0359. The van der Waals surface area contributed by atoms with Crippen molar-refractivity contribution >= 4 is 0 Å². The Labute approximate surface area is 94.0 Å². The summed E-state index contributed by atoms with van der Waals surface area (Å²) in [5, 5.41) is 10.1. The van der Waals surface area contributed by atoms with Gasteiger partial charge in [-0.3, -0.25) is 0 Å². The molecule has 0 spiro atoms. The van der Waals surface area contributed by atoms with E-state index in [2.05, 4.69) is 27.7 Å². The van der Waals surface area contributed by atoms with E-state index in [9.17, 15) is 5.11 Å². The summed E-state index contributed by atoms with van der Waals surface area (Å²) in [5.41, 5.74) is -0.170. The Hall–Kier alpha value is -0.0800. The number of ether oxygens (including phenoxy) is 1. The van der Waals surface area contributed by atoms with Crippen LogP contribution in [0.1, 0.15) is 66.2 Å². The van der Waals surface area contributed by atoms with E-state index >= 15 is 0 Å². The molecule has 1 saturated carbocycles. The molecule has 0 amide bonds. The highest BCUT2D eigenvalue weighted by Crippen LogP contribution is 2.39. The molecule has 0 aliphatic heterocycles. The minimum Gasteiger partial charge on any atom is -0.367 e. The van der Waals surface area contributed by atoms with E-state index in [1.807, 2.05) is 0 Å². The number of aliphatic hydroxyl groups excluding tert-OH is 1. The molecule has 15 heavy (non-hydrogen) atoms. The first-order valence-electron chi connectivity index (χ1n) is 6.32. The zero-order valence-electron chi connectivity index (χ0n) is 10.7. The summed E-state index contributed by atoms with van der Waals surface area (Å²) < 4.78 is 5.96. The Kier molecular flexibility index (Phi) is 4.19. The Morgan fingerprint density at radius 1 is 1.27 bits per heavy atom. The van der Waals surface area contributed by atoms with Crippen LogP contribution >= 0.6 is 0 Å². The summed E-state index contributed by atoms with van der Waals surface area (Å²) in [6.45, 7) is 8.39. The van der Waals surface area contributed by atoms with E-state index in [1.165, 1.54) is 12.8 Å². The van der Waals surface area contributed by atoms with Crippen molar-refractivity contribution in [1.29, 1.82) is 0 Å². The van der Waals surface area contributed by atoms with Crippen molar-refractivity contribution < 1.29 is 9.84 Å². The quantitative estimate of drug-likeness (QED) is 0.710. The molecule has 1 rings (SSSR count). The van der Waals surface area contributed by atoms with Gasteiger partial charge in [0, 0.05) is 5.41 Å². The van der Waals surface area contributed by atoms with Gasteiger partial charge < -0.3 is 9.84 Å².